The van der Waals surface area contributed by atoms with Gasteiger partial charge < -0.3 is 0 Å². The largest absolute Gasteiger partial charge is 0.332 e. The second-order valence-corrected chi connectivity index (χ2v) is 10.0. The molecule has 39 heavy (non-hydrogen) atoms. The van der Waals surface area contributed by atoms with E-state index in [0.29, 0.717) is 0 Å². The van der Waals surface area contributed by atoms with Gasteiger partial charge in [-0.15, -0.1) is 0 Å². The summed E-state index contributed by atoms with van der Waals surface area (Å²) >= 11 is 0. The number of urea groups is 3. The fourth-order valence-corrected chi connectivity index (χ4v) is 4.66. The predicted octanol–water partition coefficient (Wildman–Crippen LogP) is -0.154. The summed E-state index contributed by atoms with van der Waals surface area (Å²) in [6.07, 6.45) is 5.11. The minimum Gasteiger partial charge on any atom is -0.277 e. The number of carbonyl (C=O) groups is 9. The Morgan fingerprint density at radius 2 is 1.03 bits per heavy atom. The summed E-state index contributed by atoms with van der Waals surface area (Å²) in [6.45, 7) is 4.99. The Balaban J connectivity index is 0.000000207. The van der Waals surface area contributed by atoms with Crippen molar-refractivity contribution < 1.29 is 43.2 Å². The van der Waals surface area contributed by atoms with Crippen molar-refractivity contribution in [3.8, 4) is 0 Å². The summed E-state index contributed by atoms with van der Waals surface area (Å²) in [4.78, 5) is 102. The number of barbiturate groups is 3. The molecule has 15 nitrogen and oxygen atoms in total. The number of hydrogen-bond donors (Lipinski definition) is 4. The zero-order valence-electron chi connectivity index (χ0n) is 22.5. The average Bonchev–Trinajstić information content (AvgIpc) is 2.85. The lowest BCUT2D eigenvalue weighted by molar-refractivity contribution is -0.147. The number of hydrogen-bond acceptors (Lipinski definition) is 9. The molecular weight excluding hydrogens is 516 g/mol. The molecule has 0 unspecified atom stereocenters. The lowest BCUT2D eigenvalue weighted by Gasteiger charge is -2.30. The molecule has 0 aromatic carbocycles. The summed E-state index contributed by atoms with van der Waals surface area (Å²) in [5.74, 6) is -4.93. The normalized spacial score (nSPS) is 21.9. The molecule has 15 heteroatoms. The van der Waals surface area contributed by atoms with Gasteiger partial charge in [0.25, 0.3) is 0 Å². The van der Waals surface area contributed by atoms with E-state index in [0.717, 1.165) is 35.5 Å². The van der Waals surface area contributed by atoms with Crippen LogP contribution in [0, 0.1) is 29.6 Å². The van der Waals surface area contributed by atoms with Crippen LogP contribution in [0.15, 0.2) is 0 Å². The first kappa shape index (κ1) is 31.1. The van der Waals surface area contributed by atoms with Crippen LogP contribution in [0.1, 0.15) is 52.9 Å². The van der Waals surface area contributed by atoms with E-state index in [4.69, 9.17) is 0 Å². The fourth-order valence-electron chi connectivity index (χ4n) is 4.66. The van der Waals surface area contributed by atoms with Crippen molar-refractivity contribution in [2.75, 3.05) is 14.1 Å². The van der Waals surface area contributed by atoms with Crippen molar-refractivity contribution in [3.05, 3.63) is 0 Å². The minimum atomic E-state index is -0.748. The van der Waals surface area contributed by atoms with Crippen molar-refractivity contribution >= 4 is 53.5 Å². The van der Waals surface area contributed by atoms with Crippen LogP contribution in [0.25, 0.3) is 0 Å². The van der Waals surface area contributed by atoms with Gasteiger partial charge in [0.15, 0.2) is 0 Å². The second kappa shape index (κ2) is 13.1. The van der Waals surface area contributed by atoms with Gasteiger partial charge in [-0.1, -0.05) is 33.1 Å². The maximum absolute atomic E-state index is 11.5. The van der Waals surface area contributed by atoms with Crippen molar-refractivity contribution in [2.24, 2.45) is 29.6 Å². The number of nitrogens with one attached hydrogen (secondary N) is 4. The maximum atomic E-state index is 11.5. The molecule has 0 atom stereocenters. The van der Waals surface area contributed by atoms with E-state index in [-0.39, 0.29) is 11.8 Å². The van der Waals surface area contributed by atoms with Gasteiger partial charge in [0.2, 0.25) is 35.4 Å². The van der Waals surface area contributed by atoms with Crippen molar-refractivity contribution in [2.45, 2.75) is 52.9 Å². The zero-order chi connectivity index (χ0) is 29.6. The highest BCUT2D eigenvalue weighted by Crippen LogP contribution is 2.31. The molecule has 0 bridgehead atoms. The van der Waals surface area contributed by atoms with E-state index >= 15 is 0 Å². The van der Waals surface area contributed by atoms with E-state index in [1.165, 1.54) is 27.4 Å². The molecule has 0 spiro atoms. The van der Waals surface area contributed by atoms with Crippen molar-refractivity contribution in [3.63, 3.8) is 0 Å². The van der Waals surface area contributed by atoms with E-state index in [2.05, 4.69) is 10.6 Å². The van der Waals surface area contributed by atoms with Gasteiger partial charge in [-0.3, -0.25) is 59.8 Å². The smallest absolute Gasteiger partial charge is 0.277 e. The quantitative estimate of drug-likeness (QED) is 0.336. The molecule has 1 aliphatic carbocycles. The lowest BCUT2D eigenvalue weighted by atomic mass is 9.78. The van der Waals surface area contributed by atoms with Crippen LogP contribution in [0.3, 0.4) is 0 Å². The topological polar surface area (TPSA) is 208 Å². The molecule has 0 aromatic heterocycles. The summed E-state index contributed by atoms with van der Waals surface area (Å²) in [5.41, 5.74) is 0. The van der Waals surface area contributed by atoms with Gasteiger partial charge in [0.1, 0.15) is 17.8 Å². The van der Waals surface area contributed by atoms with Crippen LogP contribution in [0.4, 0.5) is 14.4 Å². The molecule has 4 N–H and O–H groups in total. The third-order valence-electron chi connectivity index (χ3n) is 6.84. The summed E-state index contributed by atoms with van der Waals surface area (Å²) < 4.78 is 0. The Kier molecular flexibility index (Phi) is 10.4. The van der Waals surface area contributed by atoms with Crippen molar-refractivity contribution in [1.29, 1.82) is 0 Å². The number of rotatable bonds is 2. The molecule has 4 rings (SSSR count). The Morgan fingerprint density at radius 3 is 1.41 bits per heavy atom. The third kappa shape index (κ3) is 7.45. The van der Waals surface area contributed by atoms with E-state index in [9.17, 15) is 43.2 Å². The Hall–Kier alpha value is -4.17. The predicted molar refractivity (Wildman–Crippen MR) is 132 cm³/mol. The van der Waals surface area contributed by atoms with E-state index < -0.39 is 71.3 Å². The van der Waals surface area contributed by atoms with Crippen LogP contribution in [-0.2, 0) is 28.8 Å². The SMILES string of the molecule is CC(C)C1C(=O)NC(=O)NC1=O.CC1C(=O)N(C)C(=O)N(C)C1=O.O=C1NC(=O)C(C2CCCCC2)C(=O)N1. The van der Waals surface area contributed by atoms with Gasteiger partial charge >= 0.3 is 18.1 Å². The standard InChI is InChI=1S/C10H14N2O3.2C7H10N2O3/c13-8-7(6-4-2-1-3-5-6)9(14)12-10(15)11-8;1-4-5(10)8(2)7(12)9(3)6(4)11;1-3(2)4-5(10)8-7(12)9-6(4)11/h6-7H,1-5H2,(H2,11,12,13,14,15);4H,1-3H3;3-4H,1-2H3,(H2,8,9,10,11,12). The highest BCUT2D eigenvalue weighted by Gasteiger charge is 2.41. The fraction of sp³-hybridized carbons (Fsp3) is 0.625. The number of imide groups is 6. The van der Waals surface area contributed by atoms with Gasteiger partial charge in [-0.25, -0.2) is 14.4 Å². The van der Waals surface area contributed by atoms with E-state index in [1.54, 1.807) is 13.8 Å². The third-order valence-corrected chi connectivity index (χ3v) is 6.84. The minimum absolute atomic E-state index is 0.0990. The molecular formula is C24H34N6O9. The van der Waals surface area contributed by atoms with Gasteiger partial charge in [-0.05, 0) is 31.6 Å². The Labute approximate surface area is 224 Å². The molecule has 4 fully saturated rings. The number of nitrogens with zero attached hydrogens (tertiary/aromatic N) is 2. The first-order valence-electron chi connectivity index (χ1n) is 12.6. The van der Waals surface area contributed by atoms with Crippen LogP contribution in [0.5, 0.6) is 0 Å². The molecule has 1 saturated carbocycles. The zero-order valence-corrected chi connectivity index (χ0v) is 22.5. The average molecular weight is 551 g/mol. The molecule has 0 aromatic rings. The molecule has 12 amide bonds. The summed E-state index contributed by atoms with van der Waals surface area (Å²) in [6, 6.07) is -2.00. The highest BCUT2D eigenvalue weighted by atomic mass is 16.2. The Morgan fingerprint density at radius 1 is 0.641 bits per heavy atom. The molecule has 3 saturated heterocycles. The molecule has 3 heterocycles. The lowest BCUT2D eigenvalue weighted by Crippen LogP contribution is -2.57. The van der Waals surface area contributed by atoms with Gasteiger partial charge in [-0.2, -0.15) is 0 Å². The number of amides is 12. The molecule has 214 valence electrons. The van der Waals surface area contributed by atoms with E-state index in [1.807, 2.05) is 10.6 Å². The Bertz CT molecular complexity index is 981. The summed E-state index contributed by atoms with van der Waals surface area (Å²) in [5, 5.41) is 8.36. The molecule has 4 aliphatic rings. The molecule has 3 aliphatic heterocycles. The van der Waals surface area contributed by atoms with Crippen LogP contribution < -0.4 is 21.3 Å². The second-order valence-electron chi connectivity index (χ2n) is 10.0. The van der Waals surface area contributed by atoms with Crippen LogP contribution in [0.2, 0.25) is 0 Å². The maximum Gasteiger partial charge on any atom is 0.332 e. The van der Waals surface area contributed by atoms with Crippen molar-refractivity contribution in [1.82, 2.24) is 31.1 Å². The highest BCUT2D eigenvalue weighted by molar-refractivity contribution is 6.17. The number of carbonyl (C=O) groups excluding carboxylic acids is 9. The summed E-state index contributed by atoms with van der Waals surface area (Å²) in [7, 11) is 2.73. The van der Waals surface area contributed by atoms with Gasteiger partial charge in [0, 0.05) is 14.1 Å². The van der Waals surface area contributed by atoms with Gasteiger partial charge in [0.05, 0.1) is 0 Å². The van der Waals surface area contributed by atoms with Crippen LogP contribution >= 0.6 is 0 Å². The first-order chi connectivity index (χ1) is 18.2. The monoisotopic (exact) mass is 550 g/mol. The first-order valence-corrected chi connectivity index (χ1v) is 12.6. The van der Waals surface area contributed by atoms with Crippen LogP contribution in [-0.4, -0.2) is 77.4 Å². The molecule has 0 radical (unpaired) electrons.